The van der Waals surface area contributed by atoms with Gasteiger partial charge >= 0.3 is 0 Å². The molecule has 0 aliphatic rings. The zero-order valence-corrected chi connectivity index (χ0v) is 15.7. The van der Waals surface area contributed by atoms with Crippen molar-refractivity contribution in [1.82, 2.24) is 0 Å². The van der Waals surface area contributed by atoms with E-state index < -0.39 is 6.10 Å². The molecule has 3 aromatic rings. The fraction of sp³-hybridized carbons (Fsp3) is 0.250. The number of aliphatic hydroxyl groups is 1. The summed E-state index contributed by atoms with van der Waals surface area (Å²) in [6, 6.07) is 27.5. The van der Waals surface area contributed by atoms with E-state index in [-0.39, 0.29) is 12.0 Å². The largest absolute Gasteiger partial charge is 0.489 e. The zero-order chi connectivity index (χ0) is 19.1. The Bertz CT molecular complexity index is 803. The second-order valence-electron chi connectivity index (χ2n) is 7.03. The van der Waals surface area contributed by atoms with Crippen LogP contribution in [0.3, 0.4) is 0 Å². The van der Waals surface area contributed by atoms with Gasteiger partial charge in [-0.25, -0.2) is 0 Å². The van der Waals surface area contributed by atoms with Gasteiger partial charge in [-0.1, -0.05) is 79.7 Å². The summed E-state index contributed by atoms with van der Waals surface area (Å²) in [7, 11) is 0. The van der Waals surface area contributed by atoms with E-state index >= 15 is 0 Å². The Hall–Kier alpha value is -2.62. The van der Waals surface area contributed by atoms with Gasteiger partial charge in [0.1, 0.15) is 12.4 Å². The molecule has 0 spiro atoms. The van der Waals surface area contributed by atoms with Crippen molar-refractivity contribution in [2.24, 2.45) is 11.7 Å². The maximum Gasteiger partial charge on any atom is 0.119 e. The molecule has 0 aliphatic heterocycles. The number of benzene rings is 3. The van der Waals surface area contributed by atoms with Crippen molar-refractivity contribution in [2.45, 2.75) is 32.1 Å². The molecule has 0 heterocycles. The normalized spacial score (nSPS) is 14.3. The Balaban J connectivity index is 1.54. The van der Waals surface area contributed by atoms with Crippen LogP contribution in [0.2, 0.25) is 0 Å². The van der Waals surface area contributed by atoms with Gasteiger partial charge in [0.2, 0.25) is 0 Å². The number of rotatable bonds is 8. The second-order valence-corrected chi connectivity index (χ2v) is 7.03. The van der Waals surface area contributed by atoms with Crippen molar-refractivity contribution >= 4 is 0 Å². The summed E-state index contributed by atoms with van der Waals surface area (Å²) in [5, 5.41) is 10.5. The van der Waals surface area contributed by atoms with Crippen LogP contribution in [0.5, 0.6) is 5.75 Å². The monoisotopic (exact) mass is 361 g/mol. The first-order valence-electron chi connectivity index (χ1n) is 9.38. The highest BCUT2D eigenvalue weighted by molar-refractivity contribution is 5.28. The average Bonchev–Trinajstić information content (AvgIpc) is 2.73. The zero-order valence-electron chi connectivity index (χ0n) is 15.7. The van der Waals surface area contributed by atoms with Crippen LogP contribution in [-0.4, -0.2) is 11.1 Å². The standard InChI is InChI=1S/C24H27NO2/c1-18(23(25)24(26)21-10-6-3-7-11-21)16-19-12-14-22(15-13-19)27-17-20-8-4-2-5-9-20/h2-15,18,23-24,26H,16-17,25H2,1H3. The fourth-order valence-corrected chi connectivity index (χ4v) is 3.15. The fourth-order valence-electron chi connectivity index (χ4n) is 3.15. The molecule has 3 nitrogen and oxygen atoms in total. The molecule has 0 bridgehead atoms. The van der Waals surface area contributed by atoms with Gasteiger partial charge < -0.3 is 15.6 Å². The van der Waals surface area contributed by atoms with Crippen molar-refractivity contribution in [3.8, 4) is 5.75 Å². The van der Waals surface area contributed by atoms with E-state index in [4.69, 9.17) is 10.5 Å². The van der Waals surface area contributed by atoms with E-state index in [1.54, 1.807) is 0 Å². The van der Waals surface area contributed by atoms with E-state index in [1.807, 2.05) is 60.7 Å². The Morgan fingerprint density at radius 1 is 0.815 bits per heavy atom. The molecule has 140 valence electrons. The lowest BCUT2D eigenvalue weighted by molar-refractivity contribution is 0.121. The van der Waals surface area contributed by atoms with Crippen LogP contribution < -0.4 is 10.5 Å². The lowest BCUT2D eigenvalue weighted by atomic mass is 9.88. The second kappa shape index (κ2) is 9.36. The van der Waals surface area contributed by atoms with Crippen LogP contribution in [0.15, 0.2) is 84.9 Å². The Kier molecular flexibility index (Phi) is 6.64. The van der Waals surface area contributed by atoms with Crippen LogP contribution in [0, 0.1) is 5.92 Å². The van der Waals surface area contributed by atoms with E-state index in [9.17, 15) is 5.11 Å². The van der Waals surface area contributed by atoms with Gasteiger partial charge in [0.25, 0.3) is 0 Å². The van der Waals surface area contributed by atoms with Gasteiger partial charge in [-0.05, 0) is 41.2 Å². The van der Waals surface area contributed by atoms with Gasteiger partial charge in [0.05, 0.1) is 6.10 Å². The smallest absolute Gasteiger partial charge is 0.119 e. The first kappa shape index (κ1) is 19.2. The minimum absolute atomic E-state index is 0.149. The number of ether oxygens (including phenoxy) is 1. The molecule has 0 radical (unpaired) electrons. The minimum atomic E-state index is -0.658. The molecule has 3 heteroatoms. The van der Waals surface area contributed by atoms with Gasteiger partial charge in [0.15, 0.2) is 0 Å². The van der Waals surface area contributed by atoms with Crippen molar-refractivity contribution in [3.05, 3.63) is 102 Å². The highest BCUT2D eigenvalue weighted by Gasteiger charge is 2.22. The molecule has 0 amide bonds. The lowest BCUT2D eigenvalue weighted by Crippen LogP contribution is -2.36. The van der Waals surface area contributed by atoms with Crippen LogP contribution in [0.4, 0.5) is 0 Å². The molecule has 0 aromatic heterocycles. The summed E-state index contributed by atoms with van der Waals surface area (Å²) in [5.74, 6) is 1.00. The van der Waals surface area contributed by atoms with Crippen LogP contribution >= 0.6 is 0 Å². The molecule has 3 rings (SSSR count). The third kappa shape index (κ3) is 5.43. The molecular weight excluding hydrogens is 334 g/mol. The maximum atomic E-state index is 10.5. The molecule has 0 saturated heterocycles. The number of hydrogen-bond acceptors (Lipinski definition) is 3. The molecule has 3 unspecified atom stereocenters. The molecule has 0 saturated carbocycles. The van der Waals surface area contributed by atoms with Crippen molar-refractivity contribution in [1.29, 1.82) is 0 Å². The van der Waals surface area contributed by atoms with E-state index in [0.29, 0.717) is 6.61 Å². The SMILES string of the molecule is CC(Cc1ccc(OCc2ccccc2)cc1)C(N)C(O)c1ccccc1. The summed E-state index contributed by atoms with van der Waals surface area (Å²) in [6.45, 7) is 2.64. The maximum absolute atomic E-state index is 10.5. The number of nitrogens with two attached hydrogens (primary N) is 1. The third-order valence-electron chi connectivity index (χ3n) is 4.89. The highest BCUT2D eigenvalue weighted by Crippen LogP contribution is 2.23. The molecule has 27 heavy (non-hydrogen) atoms. The van der Waals surface area contributed by atoms with Crippen molar-refractivity contribution in [3.63, 3.8) is 0 Å². The molecular formula is C24H27NO2. The first-order chi connectivity index (χ1) is 13.1. The van der Waals surface area contributed by atoms with Crippen LogP contribution in [0.1, 0.15) is 29.7 Å². The topological polar surface area (TPSA) is 55.5 Å². The van der Waals surface area contributed by atoms with Crippen molar-refractivity contribution < 1.29 is 9.84 Å². The van der Waals surface area contributed by atoms with Gasteiger partial charge in [-0.15, -0.1) is 0 Å². The molecule has 3 atom stereocenters. The minimum Gasteiger partial charge on any atom is -0.489 e. The van der Waals surface area contributed by atoms with Crippen LogP contribution in [0.25, 0.3) is 0 Å². The number of aliphatic hydroxyl groups excluding tert-OH is 1. The predicted octanol–water partition coefficient (Wildman–Crippen LogP) is 4.51. The van der Waals surface area contributed by atoms with E-state index in [0.717, 1.165) is 23.3 Å². The van der Waals surface area contributed by atoms with Crippen LogP contribution in [-0.2, 0) is 13.0 Å². The summed E-state index contributed by atoms with van der Waals surface area (Å²) in [5.41, 5.74) is 9.51. The summed E-state index contributed by atoms with van der Waals surface area (Å²) in [6.07, 6.45) is 0.152. The molecule has 3 N–H and O–H groups in total. The highest BCUT2D eigenvalue weighted by atomic mass is 16.5. The molecule has 0 fully saturated rings. The third-order valence-corrected chi connectivity index (χ3v) is 4.89. The lowest BCUT2D eigenvalue weighted by Gasteiger charge is -2.25. The Morgan fingerprint density at radius 2 is 1.41 bits per heavy atom. The first-order valence-corrected chi connectivity index (χ1v) is 9.38. The summed E-state index contributed by atoms with van der Waals surface area (Å²) >= 11 is 0. The summed E-state index contributed by atoms with van der Waals surface area (Å²) < 4.78 is 5.83. The summed E-state index contributed by atoms with van der Waals surface area (Å²) in [4.78, 5) is 0. The average molecular weight is 361 g/mol. The molecule has 0 aliphatic carbocycles. The number of hydrogen-bond donors (Lipinski definition) is 2. The van der Waals surface area contributed by atoms with E-state index in [2.05, 4.69) is 31.2 Å². The van der Waals surface area contributed by atoms with E-state index in [1.165, 1.54) is 5.56 Å². The molecule has 3 aromatic carbocycles. The Labute approximate surface area is 161 Å². The van der Waals surface area contributed by atoms with Gasteiger partial charge in [-0.3, -0.25) is 0 Å². The quantitative estimate of drug-likeness (QED) is 0.621. The Morgan fingerprint density at radius 3 is 2.04 bits per heavy atom. The predicted molar refractivity (Wildman–Crippen MR) is 109 cm³/mol. The van der Waals surface area contributed by atoms with Gasteiger partial charge in [-0.2, -0.15) is 0 Å². The van der Waals surface area contributed by atoms with Gasteiger partial charge in [0, 0.05) is 6.04 Å². The van der Waals surface area contributed by atoms with Crippen molar-refractivity contribution in [2.75, 3.05) is 0 Å².